The van der Waals surface area contributed by atoms with Crippen LogP contribution in [0.4, 0.5) is 0 Å². The minimum atomic E-state index is -0.505. The van der Waals surface area contributed by atoms with Crippen molar-refractivity contribution in [2.24, 2.45) is 0 Å². The number of rotatable bonds is 7. The molecule has 0 unspecified atom stereocenters. The summed E-state index contributed by atoms with van der Waals surface area (Å²) in [5.74, 6) is 0.209. The average molecular weight is 456 g/mol. The Labute approximate surface area is 159 Å². The highest BCUT2D eigenvalue weighted by Crippen LogP contribution is 2.23. The van der Waals surface area contributed by atoms with Crippen LogP contribution in [-0.2, 0) is 16.1 Å². The van der Waals surface area contributed by atoms with Crippen molar-refractivity contribution >= 4 is 40.2 Å². The summed E-state index contributed by atoms with van der Waals surface area (Å²) in [6, 6.07) is 16.7. The number of carbonyl (C=O) groups is 1. The standard InChI is InChI=1S/C18H15ClINO3/c19-15(9-18(22)24-11-13-4-2-1-3-5-13)12-23-17-8-14(10-21)6-7-16(17)20/h1-8,15H,9,11-12H2/t15-/m1/s1. The number of carbonyl (C=O) groups excluding carboxylic acids is 1. The van der Waals surface area contributed by atoms with Gasteiger partial charge < -0.3 is 9.47 Å². The van der Waals surface area contributed by atoms with E-state index in [1.807, 2.05) is 30.3 Å². The zero-order chi connectivity index (χ0) is 17.4. The van der Waals surface area contributed by atoms with Gasteiger partial charge in [-0.2, -0.15) is 5.26 Å². The summed E-state index contributed by atoms with van der Waals surface area (Å²) in [5, 5.41) is 8.40. The number of ether oxygens (including phenoxy) is 2. The molecule has 0 heterocycles. The van der Waals surface area contributed by atoms with Crippen LogP contribution in [-0.4, -0.2) is 18.0 Å². The quantitative estimate of drug-likeness (QED) is 0.355. The Morgan fingerprint density at radius 2 is 2.00 bits per heavy atom. The number of hydrogen-bond donors (Lipinski definition) is 0. The molecule has 0 fully saturated rings. The zero-order valence-electron chi connectivity index (χ0n) is 12.7. The third-order valence-electron chi connectivity index (χ3n) is 3.11. The van der Waals surface area contributed by atoms with Crippen LogP contribution < -0.4 is 4.74 Å². The van der Waals surface area contributed by atoms with Crippen molar-refractivity contribution in [3.8, 4) is 11.8 Å². The Morgan fingerprint density at radius 3 is 2.71 bits per heavy atom. The van der Waals surface area contributed by atoms with Crippen LogP contribution in [0.3, 0.4) is 0 Å². The Balaban J connectivity index is 1.77. The first-order chi connectivity index (χ1) is 11.6. The Hall–Kier alpha value is -1.78. The largest absolute Gasteiger partial charge is 0.491 e. The van der Waals surface area contributed by atoms with Crippen molar-refractivity contribution in [1.29, 1.82) is 5.26 Å². The number of nitrogens with zero attached hydrogens (tertiary/aromatic N) is 1. The van der Waals surface area contributed by atoms with E-state index >= 15 is 0 Å². The van der Waals surface area contributed by atoms with Crippen LogP contribution >= 0.6 is 34.2 Å². The van der Waals surface area contributed by atoms with Gasteiger partial charge >= 0.3 is 5.97 Å². The van der Waals surface area contributed by atoms with E-state index in [2.05, 4.69) is 28.7 Å². The lowest BCUT2D eigenvalue weighted by Crippen LogP contribution is -2.18. The normalized spacial score (nSPS) is 11.4. The van der Waals surface area contributed by atoms with Crippen molar-refractivity contribution in [1.82, 2.24) is 0 Å². The molecule has 0 spiro atoms. The minimum Gasteiger partial charge on any atom is -0.491 e. The van der Waals surface area contributed by atoms with E-state index in [1.54, 1.807) is 18.2 Å². The highest BCUT2D eigenvalue weighted by atomic mass is 127. The molecule has 0 radical (unpaired) electrons. The van der Waals surface area contributed by atoms with Crippen LogP contribution in [0.5, 0.6) is 5.75 Å². The van der Waals surface area contributed by atoms with Gasteiger partial charge in [-0.3, -0.25) is 4.79 Å². The minimum absolute atomic E-state index is 0.0584. The second-order valence-corrected chi connectivity index (χ2v) is 6.80. The molecular weight excluding hydrogens is 441 g/mol. The lowest BCUT2D eigenvalue weighted by atomic mass is 10.2. The molecule has 1 atom stereocenters. The lowest BCUT2D eigenvalue weighted by molar-refractivity contribution is -0.145. The first-order valence-electron chi connectivity index (χ1n) is 7.24. The fourth-order valence-electron chi connectivity index (χ4n) is 1.90. The number of halogens is 2. The summed E-state index contributed by atoms with van der Waals surface area (Å²) in [6.07, 6.45) is 0.0584. The molecule has 0 aliphatic carbocycles. The van der Waals surface area contributed by atoms with Gasteiger partial charge in [-0.05, 0) is 46.4 Å². The van der Waals surface area contributed by atoms with Crippen LogP contribution in [0, 0.1) is 14.9 Å². The molecule has 0 N–H and O–H groups in total. The van der Waals surface area contributed by atoms with Crippen molar-refractivity contribution in [2.75, 3.05) is 6.61 Å². The van der Waals surface area contributed by atoms with Gasteiger partial charge in [0, 0.05) is 0 Å². The topological polar surface area (TPSA) is 59.3 Å². The molecule has 0 amide bonds. The first kappa shape index (κ1) is 18.6. The number of benzene rings is 2. The molecule has 0 bridgehead atoms. The van der Waals surface area contributed by atoms with E-state index in [1.165, 1.54) is 0 Å². The summed E-state index contributed by atoms with van der Waals surface area (Å²) in [4.78, 5) is 11.8. The van der Waals surface area contributed by atoms with Crippen molar-refractivity contribution in [3.63, 3.8) is 0 Å². The monoisotopic (exact) mass is 455 g/mol. The maximum Gasteiger partial charge on any atom is 0.307 e. The highest BCUT2D eigenvalue weighted by Gasteiger charge is 2.14. The third kappa shape index (κ3) is 6.02. The molecule has 2 aromatic carbocycles. The molecule has 0 saturated carbocycles. The third-order valence-corrected chi connectivity index (χ3v) is 4.28. The molecule has 2 aromatic rings. The van der Waals surface area contributed by atoms with E-state index in [0.717, 1.165) is 9.13 Å². The fourth-order valence-corrected chi connectivity index (χ4v) is 2.58. The predicted octanol–water partition coefficient (Wildman–Crippen LogP) is 4.28. The summed E-state index contributed by atoms with van der Waals surface area (Å²) >= 11 is 8.26. The van der Waals surface area contributed by atoms with E-state index < -0.39 is 5.38 Å². The van der Waals surface area contributed by atoms with Crippen molar-refractivity contribution < 1.29 is 14.3 Å². The van der Waals surface area contributed by atoms with Crippen molar-refractivity contribution in [3.05, 3.63) is 63.2 Å². The van der Waals surface area contributed by atoms with E-state index in [9.17, 15) is 4.79 Å². The Kier molecular flexibility index (Phi) is 7.35. The Bertz CT molecular complexity index is 731. The molecule has 0 aliphatic rings. The van der Waals surface area contributed by atoms with Gasteiger partial charge in [0.1, 0.15) is 19.0 Å². The van der Waals surface area contributed by atoms with Crippen LogP contribution in [0.25, 0.3) is 0 Å². The molecule has 24 heavy (non-hydrogen) atoms. The van der Waals surface area contributed by atoms with E-state index in [4.69, 9.17) is 26.3 Å². The summed E-state index contributed by atoms with van der Waals surface area (Å²) in [7, 11) is 0. The summed E-state index contributed by atoms with van der Waals surface area (Å²) in [5.41, 5.74) is 1.44. The van der Waals surface area contributed by atoms with Crippen LogP contribution in [0.1, 0.15) is 17.5 Å². The van der Waals surface area contributed by atoms with E-state index in [0.29, 0.717) is 11.3 Å². The SMILES string of the molecule is N#Cc1ccc(I)c(OC[C@H](Cl)CC(=O)OCc2ccccc2)c1. The number of nitriles is 1. The van der Waals surface area contributed by atoms with Gasteiger partial charge in [0.25, 0.3) is 0 Å². The molecule has 6 heteroatoms. The number of hydrogen-bond acceptors (Lipinski definition) is 4. The van der Waals surface area contributed by atoms with Gasteiger partial charge in [0.2, 0.25) is 0 Å². The molecule has 2 rings (SSSR count). The lowest BCUT2D eigenvalue weighted by Gasteiger charge is -2.12. The van der Waals surface area contributed by atoms with E-state index in [-0.39, 0.29) is 25.6 Å². The summed E-state index contributed by atoms with van der Waals surface area (Å²) in [6.45, 7) is 0.388. The second kappa shape index (κ2) is 9.50. The van der Waals surface area contributed by atoms with Gasteiger partial charge in [-0.1, -0.05) is 30.3 Å². The van der Waals surface area contributed by atoms with Crippen molar-refractivity contribution in [2.45, 2.75) is 18.4 Å². The number of esters is 1. The Morgan fingerprint density at radius 1 is 1.25 bits per heavy atom. The molecule has 0 aliphatic heterocycles. The molecular formula is C18H15ClINO3. The average Bonchev–Trinajstić information content (AvgIpc) is 2.60. The maximum atomic E-state index is 11.8. The van der Waals surface area contributed by atoms with Gasteiger partial charge in [-0.15, -0.1) is 11.6 Å². The second-order valence-electron chi connectivity index (χ2n) is 5.02. The molecule has 4 nitrogen and oxygen atoms in total. The predicted molar refractivity (Wildman–Crippen MR) is 99.9 cm³/mol. The molecule has 0 saturated heterocycles. The van der Waals surface area contributed by atoms with Crippen LogP contribution in [0.15, 0.2) is 48.5 Å². The highest BCUT2D eigenvalue weighted by molar-refractivity contribution is 14.1. The zero-order valence-corrected chi connectivity index (χ0v) is 15.7. The van der Waals surface area contributed by atoms with Gasteiger partial charge in [0.05, 0.1) is 27.0 Å². The smallest absolute Gasteiger partial charge is 0.307 e. The number of alkyl halides is 1. The summed E-state index contributed by atoms with van der Waals surface area (Å²) < 4.78 is 11.7. The molecule has 124 valence electrons. The van der Waals surface area contributed by atoms with Crippen LogP contribution in [0.2, 0.25) is 0 Å². The maximum absolute atomic E-state index is 11.8. The molecule has 0 aromatic heterocycles. The first-order valence-corrected chi connectivity index (χ1v) is 8.76. The van der Waals surface area contributed by atoms with Gasteiger partial charge in [0.15, 0.2) is 0 Å². The fraction of sp³-hybridized carbons (Fsp3) is 0.222. The van der Waals surface area contributed by atoms with Gasteiger partial charge in [-0.25, -0.2) is 0 Å².